The largest absolute Gasteiger partial charge is 0.395 e. The Morgan fingerprint density at radius 1 is 1.58 bits per heavy atom. The van der Waals surface area contributed by atoms with Crippen LogP contribution in [-0.4, -0.2) is 35.7 Å². The number of aliphatic hydroxyl groups is 1. The van der Waals surface area contributed by atoms with E-state index in [4.69, 9.17) is 5.11 Å². The second kappa shape index (κ2) is 4.06. The van der Waals surface area contributed by atoms with E-state index in [1.165, 1.54) is 0 Å². The van der Waals surface area contributed by atoms with Gasteiger partial charge in [0.05, 0.1) is 6.61 Å². The lowest BCUT2D eigenvalue weighted by molar-refractivity contribution is 0.101. The molecule has 1 N–H and O–H groups in total. The van der Waals surface area contributed by atoms with Crippen LogP contribution in [0.25, 0.3) is 0 Å². The van der Waals surface area contributed by atoms with Crippen molar-refractivity contribution in [3.63, 3.8) is 0 Å². The molecular formula is C10H19NO. The van der Waals surface area contributed by atoms with Crippen LogP contribution in [0.4, 0.5) is 0 Å². The number of rotatable bonds is 2. The van der Waals surface area contributed by atoms with E-state index in [0.29, 0.717) is 18.0 Å². The van der Waals surface area contributed by atoms with E-state index in [1.807, 2.05) is 0 Å². The average molecular weight is 169 g/mol. The van der Waals surface area contributed by atoms with Gasteiger partial charge in [-0.3, -0.25) is 4.90 Å². The van der Waals surface area contributed by atoms with Crippen molar-refractivity contribution in [2.75, 3.05) is 13.7 Å². The lowest BCUT2D eigenvalue weighted by Gasteiger charge is -2.37. The molecule has 2 nitrogen and oxygen atoms in total. The number of aliphatic hydroxyl groups excluding tert-OH is 1. The van der Waals surface area contributed by atoms with Gasteiger partial charge in [-0.1, -0.05) is 26.0 Å². The number of nitrogens with zero attached hydrogens (tertiary/aromatic N) is 1. The van der Waals surface area contributed by atoms with Gasteiger partial charge in [-0.15, -0.1) is 0 Å². The van der Waals surface area contributed by atoms with Gasteiger partial charge in [0.25, 0.3) is 0 Å². The Kier molecular flexibility index (Phi) is 3.29. The van der Waals surface area contributed by atoms with E-state index in [-0.39, 0.29) is 6.61 Å². The molecular weight excluding hydrogens is 150 g/mol. The molecule has 2 unspecified atom stereocenters. The molecule has 0 fully saturated rings. The van der Waals surface area contributed by atoms with Crippen molar-refractivity contribution in [1.29, 1.82) is 0 Å². The molecule has 0 saturated carbocycles. The van der Waals surface area contributed by atoms with Crippen molar-refractivity contribution in [1.82, 2.24) is 4.90 Å². The third-order valence-electron chi connectivity index (χ3n) is 2.68. The van der Waals surface area contributed by atoms with Gasteiger partial charge in [-0.05, 0) is 19.4 Å². The molecule has 0 spiro atoms. The smallest absolute Gasteiger partial charge is 0.0590 e. The Morgan fingerprint density at radius 2 is 2.25 bits per heavy atom. The van der Waals surface area contributed by atoms with Crippen molar-refractivity contribution < 1.29 is 5.11 Å². The quantitative estimate of drug-likeness (QED) is 0.629. The fourth-order valence-corrected chi connectivity index (χ4v) is 1.82. The predicted octanol–water partition coefficient (Wildman–Crippen LogP) is 1.26. The van der Waals surface area contributed by atoms with Crippen LogP contribution in [-0.2, 0) is 0 Å². The first-order chi connectivity index (χ1) is 5.66. The molecule has 12 heavy (non-hydrogen) atoms. The molecule has 0 saturated heterocycles. The lowest BCUT2D eigenvalue weighted by Crippen LogP contribution is -2.45. The normalized spacial score (nSPS) is 31.4. The van der Waals surface area contributed by atoms with E-state index in [2.05, 4.69) is 37.9 Å². The summed E-state index contributed by atoms with van der Waals surface area (Å²) in [5.74, 6) is 0.626. The first kappa shape index (κ1) is 9.75. The maximum Gasteiger partial charge on any atom is 0.0590 e. The molecule has 0 aromatic carbocycles. The van der Waals surface area contributed by atoms with Gasteiger partial charge in [0.1, 0.15) is 0 Å². The van der Waals surface area contributed by atoms with Crippen molar-refractivity contribution >= 4 is 0 Å². The van der Waals surface area contributed by atoms with Crippen LogP contribution in [0, 0.1) is 5.92 Å². The highest BCUT2D eigenvalue weighted by atomic mass is 16.3. The second-order valence-corrected chi connectivity index (χ2v) is 3.90. The van der Waals surface area contributed by atoms with Crippen LogP contribution in [0.1, 0.15) is 20.3 Å². The molecule has 1 heterocycles. The minimum absolute atomic E-state index is 0.268. The minimum Gasteiger partial charge on any atom is -0.395 e. The topological polar surface area (TPSA) is 23.5 Å². The maximum atomic E-state index is 9.09. The Morgan fingerprint density at radius 3 is 2.75 bits per heavy atom. The summed E-state index contributed by atoms with van der Waals surface area (Å²) >= 11 is 0. The zero-order valence-corrected chi connectivity index (χ0v) is 8.20. The van der Waals surface area contributed by atoms with Crippen LogP contribution in [0.2, 0.25) is 0 Å². The van der Waals surface area contributed by atoms with E-state index in [0.717, 1.165) is 6.42 Å². The lowest BCUT2D eigenvalue weighted by atomic mass is 9.95. The van der Waals surface area contributed by atoms with E-state index in [1.54, 1.807) is 0 Å². The van der Waals surface area contributed by atoms with Gasteiger partial charge in [-0.2, -0.15) is 0 Å². The maximum absolute atomic E-state index is 9.09. The van der Waals surface area contributed by atoms with Crippen molar-refractivity contribution in [2.24, 2.45) is 5.92 Å². The molecule has 0 radical (unpaired) electrons. The second-order valence-electron chi connectivity index (χ2n) is 3.90. The molecule has 0 aromatic rings. The molecule has 0 aromatic heterocycles. The van der Waals surface area contributed by atoms with Gasteiger partial charge in [0.15, 0.2) is 0 Å². The zero-order valence-electron chi connectivity index (χ0n) is 8.20. The van der Waals surface area contributed by atoms with Gasteiger partial charge in [-0.25, -0.2) is 0 Å². The summed E-state index contributed by atoms with van der Waals surface area (Å²) in [6, 6.07) is 0.818. The first-order valence-electron chi connectivity index (χ1n) is 4.66. The summed E-state index contributed by atoms with van der Waals surface area (Å²) in [7, 11) is 2.09. The summed E-state index contributed by atoms with van der Waals surface area (Å²) in [6.07, 6.45) is 5.42. The molecule has 2 atom stereocenters. The Labute approximate surface area is 74.9 Å². The van der Waals surface area contributed by atoms with Crippen LogP contribution in [0.5, 0.6) is 0 Å². The Bertz CT molecular complexity index is 165. The summed E-state index contributed by atoms with van der Waals surface area (Å²) in [5.41, 5.74) is 0. The SMILES string of the molecule is CC(C)C1C=CCC(CO)N1C. The summed E-state index contributed by atoms with van der Waals surface area (Å²) < 4.78 is 0. The fourth-order valence-electron chi connectivity index (χ4n) is 1.82. The fraction of sp³-hybridized carbons (Fsp3) is 0.800. The minimum atomic E-state index is 0.268. The van der Waals surface area contributed by atoms with Crippen LogP contribution in [0.15, 0.2) is 12.2 Å². The van der Waals surface area contributed by atoms with Crippen LogP contribution in [0.3, 0.4) is 0 Å². The number of hydrogen-bond donors (Lipinski definition) is 1. The Hall–Kier alpha value is -0.340. The number of likely N-dealkylation sites (N-methyl/N-ethyl adjacent to an activating group) is 1. The predicted molar refractivity (Wildman–Crippen MR) is 51.0 cm³/mol. The standard InChI is InChI=1S/C10H19NO/c1-8(2)10-6-4-5-9(7-12)11(10)3/h4,6,8-10,12H,5,7H2,1-3H3. The summed E-state index contributed by atoms with van der Waals surface area (Å²) in [4.78, 5) is 2.27. The van der Waals surface area contributed by atoms with Gasteiger partial charge in [0, 0.05) is 12.1 Å². The molecule has 1 aliphatic rings. The zero-order chi connectivity index (χ0) is 9.14. The van der Waals surface area contributed by atoms with Crippen LogP contribution < -0.4 is 0 Å². The highest BCUT2D eigenvalue weighted by molar-refractivity contribution is 5.03. The van der Waals surface area contributed by atoms with Crippen molar-refractivity contribution in [3.05, 3.63) is 12.2 Å². The average Bonchev–Trinajstić information content (AvgIpc) is 2.04. The van der Waals surface area contributed by atoms with E-state index < -0.39 is 0 Å². The third-order valence-corrected chi connectivity index (χ3v) is 2.68. The monoisotopic (exact) mass is 169 g/mol. The van der Waals surface area contributed by atoms with Gasteiger partial charge >= 0.3 is 0 Å². The van der Waals surface area contributed by atoms with Crippen molar-refractivity contribution in [2.45, 2.75) is 32.4 Å². The highest BCUT2D eigenvalue weighted by Gasteiger charge is 2.24. The van der Waals surface area contributed by atoms with Gasteiger partial charge < -0.3 is 5.11 Å². The Balaban J connectivity index is 2.64. The van der Waals surface area contributed by atoms with E-state index >= 15 is 0 Å². The first-order valence-corrected chi connectivity index (χ1v) is 4.66. The third kappa shape index (κ3) is 1.87. The van der Waals surface area contributed by atoms with E-state index in [9.17, 15) is 0 Å². The van der Waals surface area contributed by atoms with Gasteiger partial charge in [0.2, 0.25) is 0 Å². The van der Waals surface area contributed by atoms with Crippen LogP contribution >= 0.6 is 0 Å². The molecule has 0 amide bonds. The molecule has 0 bridgehead atoms. The summed E-state index contributed by atoms with van der Waals surface area (Å²) in [6.45, 7) is 4.70. The molecule has 2 heteroatoms. The molecule has 70 valence electrons. The number of hydrogen-bond acceptors (Lipinski definition) is 2. The van der Waals surface area contributed by atoms with Crippen molar-refractivity contribution in [3.8, 4) is 0 Å². The highest BCUT2D eigenvalue weighted by Crippen LogP contribution is 2.20. The molecule has 1 rings (SSSR count). The molecule has 1 aliphatic heterocycles. The summed E-state index contributed by atoms with van der Waals surface area (Å²) in [5, 5.41) is 9.09. The molecule has 0 aliphatic carbocycles.